The molecule has 0 aliphatic heterocycles. The van der Waals surface area contributed by atoms with Crippen molar-refractivity contribution in [1.82, 2.24) is 4.90 Å². The maximum absolute atomic E-state index is 5.77. The zero-order valence-corrected chi connectivity index (χ0v) is 10.2. The third-order valence-electron chi connectivity index (χ3n) is 2.17. The van der Waals surface area contributed by atoms with Crippen molar-refractivity contribution in [3.8, 4) is 0 Å². The van der Waals surface area contributed by atoms with Gasteiger partial charge in [0.05, 0.1) is 5.60 Å². The van der Waals surface area contributed by atoms with Crippen molar-refractivity contribution in [3.63, 3.8) is 0 Å². The predicted molar refractivity (Wildman–Crippen MR) is 55.9 cm³/mol. The Morgan fingerprint density at radius 3 is 2.21 bits per heavy atom. The van der Waals surface area contributed by atoms with Crippen LogP contribution < -0.4 is 0 Å². The van der Waals surface area contributed by atoms with E-state index >= 15 is 0 Å². The molecule has 0 aromatic heterocycles. The number of nitrogens with zero attached hydrogens (tertiary/aromatic N) is 1. The van der Waals surface area contributed by atoms with Crippen molar-refractivity contribution in [1.29, 1.82) is 0 Å². The molecule has 1 atom stereocenters. The summed E-state index contributed by atoms with van der Waals surface area (Å²) in [4.78, 5) is 1.86. The highest BCUT2D eigenvalue weighted by molar-refractivity contribution is 4.66. The second-order valence-corrected chi connectivity index (χ2v) is 3.95. The van der Waals surface area contributed by atoms with Crippen LogP contribution in [0, 0.1) is 0 Å². The zero-order valence-electron chi connectivity index (χ0n) is 10.2. The van der Waals surface area contributed by atoms with E-state index in [1.54, 1.807) is 14.2 Å². The van der Waals surface area contributed by atoms with E-state index in [0.717, 1.165) is 6.42 Å². The number of rotatable bonds is 7. The summed E-state index contributed by atoms with van der Waals surface area (Å²) in [6.07, 6.45) is 0.582. The fourth-order valence-electron chi connectivity index (χ4n) is 0.939. The predicted octanol–water partition coefficient (Wildman–Crippen LogP) is 1.66. The van der Waals surface area contributed by atoms with Gasteiger partial charge in [0.2, 0.25) is 6.41 Å². The molecule has 0 aromatic rings. The van der Waals surface area contributed by atoms with Gasteiger partial charge in [0, 0.05) is 14.2 Å². The molecule has 0 heterocycles. The fourth-order valence-corrected chi connectivity index (χ4v) is 0.939. The molecule has 0 aliphatic carbocycles. The van der Waals surface area contributed by atoms with Crippen molar-refractivity contribution in [2.45, 2.75) is 39.2 Å². The second-order valence-electron chi connectivity index (χ2n) is 3.95. The van der Waals surface area contributed by atoms with E-state index in [1.165, 1.54) is 0 Å². The lowest BCUT2D eigenvalue weighted by Gasteiger charge is -2.33. The smallest absolute Gasteiger partial charge is 0.220 e. The highest BCUT2D eigenvalue weighted by atomic mass is 16.7. The van der Waals surface area contributed by atoms with Crippen molar-refractivity contribution >= 4 is 0 Å². The highest BCUT2D eigenvalue weighted by Gasteiger charge is 2.24. The van der Waals surface area contributed by atoms with Gasteiger partial charge in [0.15, 0.2) is 0 Å². The second kappa shape index (κ2) is 6.35. The van der Waals surface area contributed by atoms with Crippen LogP contribution in [0.15, 0.2) is 0 Å². The summed E-state index contributed by atoms with van der Waals surface area (Å²) in [6, 6.07) is 0. The quantitative estimate of drug-likeness (QED) is 0.591. The van der Waals surface area contributed by atoms with Gasteiger partial charge in [0.25, 0.3) is 0 Å². The van der Waals surface area contributed by atoms with E-state index in [4.69, 9.17) is 14.2 Å². The molecule has 86 valence electrons. The average Bonchev–Trinajstić information content (AvgIpc) is 2.14. The van der Waals surface area contributed by atoms with E-state index in [0.29, 0.717) is 6.73 Å². The Morgan fingerprint density at radius 1 is 1.29 bits per heavy atom. The minimum atomic E-state index is -0.357. The van der Waals surface area contributed by atoms with Crippen molar-refractivity contribution in [2.24, 2.45) is 0 Å². The minimum absolute atomic E-state index is 0.178. The van der Waals surface area contributed by atoms with Crippen molar-refractivity contribution in [3.05, 3.63) is 0 Å². The maximum atomic E-state index is 5.77. The lowest BCUT2D eigenvalue weighted by Crippen LogP contribution is -2.42. The van der Waals surface area contributed by atoms with Crippen molar-refractivity contribution in [2.75, 3.05) is 28.0 Å². The molecule has 0 fully saturated rings. The summed E-state index contributed by atoms with van der Waals surface area (Å²) in [7, 11) is 5.17. The summed E-state index contributed by atoms with van der Waals surface area (Å²) in [5.74, 6) is 0. The van der Waals surface area contributed by atoms with Crippen LogP contribution >= 0.6 is 0 Å². The first-order valence-corrected chi connectivity index (χ1v) is 4.86. The van der Waals surface area contributed by atoms with E-state index < -0.39 is 0 Å². The molecule has 0 bridgehead atoms. The maximum Gasteiger partial charge on any atom is 0.220 e. The first-order valence-electron chi connectivity index (χ1n) is 4.86. The van der Waals surface area contributed by atoms with Gasteiger partial charge < -0.3 is 14.2 Å². The van der Waals surface area contributed by atoms with Gasteiger partial charge in [-0.3, -0.25) is 0 Å². The summed E-state index contributed by atoms with van der Waals surface area (Å²) in [5.41, 5.74) is -0.178. The lowest BCUT2D eigenvalue weighted by atomic mass is 10.1. The minimum Gasteiger partial charge on any atom is -0.369 e. The average molecular weight is 205 g/mol. The van der Waals surface area contributed by atoms with Gasteiger partial charge in [-0.2, -0.15) is 0 Å². The van der Waals surface area contributed by atoms with Crippen LogP contribution in [0.5, 0.6) is 0 Å². The molecule has 0 saturated carbocycles. The Kier molecular flexibility index (Phi) is 6.27. The number of methoxy groups -OCH3 is 2. The van der Waals surface area contributed by atoms with Crippen LogP contribution in [0.4, 0.5) is 0 Å². The van der Waals surface area contributed by atoms with E-state index in [1.807, 2.05) is 25.8 Å². The van der Waals surface area contributed by atoms with Gasteiger partial charge in [-0.05, 0) is 27.3 Å². The fraction of sp³-hybridized carbons (Fsp3) is 1.00. The number of hydrogen-bond donors (Lipinski definition) is 0. The van der Waals surface area contributed by atoms with Gasteiger partial charge in [-0.25, -0.2) is 4.90 Å². The van der Waals surface area contributed by atoms with Crippen LogP contribution in [0.25, 0.3) is 0 Å². The molecule has 0 radical (unpaired) electrons. The Hall–Kier alpha value is -0.160. The van der Waals surface area contributed by atoms with Crippen molar-refractivity contribution < 1.29 is 14.2 Å². The summed E-state index contributed by atoms with van der Waals surface area (Å²) < 4.78 is 16.0. The molecule has 0 spiro atoms. The van der Waals surface area contributed by atoms with Crippen LogP contribution in [0.1, 0.15) is 27.2 Å². The SMILES string of the molecule is CCC(C)(C)OC(OC)N(C)COC. The Labute approximate surface area is 87.1 Å². The molecule has 1 unspecified atom stereocenters. The van der Waals surface area contributed by atoms with Gasteiger partial charge in [-0.15, -0.1) is 0 Å². The molecule has 0 aliphatic rings. The topological polar surface area (TPSA) is 30.9 Å². The van der Waals surface area contributed by atoms with Crippen LogP contribution in [0.2, 0.25) is 0 Å². The van der Waals surface area contributed by atoms with E-state index in [2.05, 4.69) is 6.92 Å². The molecule has 4 nitrogen and oxygen atoms in total. The lowest BCUT2D eigenvalue weighted by molar-refractivity contribution is -0.263. The van der Waals surface area contributed by atoms with Crippen LogP contribution in [-0.4, -0.2) is 44.9 Å². The molecule has 0 amide bonds. The number of ether oxygens (including phenoxy) is 3. The largest absolute Gasteiger partial charge is 0.369 e. The monoisotopic (exact) mass is 205 g/mol. The van der Waals surface area contributed by atoms with E-state index in [9.17, 15) is 0 Å². The van der Waals surface area contributed by atoms with Crippen LogP contribution in [-0.2, 0) is 14.2 Å². The Balaban J connectivity index is 4.14. The zero-order chi connectivity index (χ0) is 11.2. The molecular weight excluding hydrogens is 182 g/mol. The summed E-state index contributed by atoms with van der Waals surface area (Å²) >= 11 is 0. The molecular formula is C10H23NO3. The Morgan fingerprint density at radius 2 is 1.86 bits per heavy atom. The molecule has 0 rings (SSSR count). The molecule has 0 saturated heterocycles. The highest BCUT2D eigenvalue weighted by Crippen LogP contribution is 2.17. The third kappa shape index (κ3) is 4.91. The molecule has 14 heavy (non-hydrogen) atoms. The normalized spacial score (nSPS) is 14.8. The van der Waals surface area contributed by atoms with Gasteiger partial charge >= 0.3 is 0 Å². The van der Waals surface area contributed by atoms with E-state index in [-0.39, 0.29) is 12.0 Å². The third-order valence-corrected chi connectivity index (χ3v) is 2.17. The first kappa shape index (κ1) is 13.8. The standard InChI is InChI=1S/C10H23NO3/c1-7-10(2,3)14-9(13-6)11(4)8-12-5/h9H,7-8H2,1-6H3. The molecule has 0 aromatic carbocycles. The van der Waals surface area contributed by atoms with Crippen LogP contribution in [0.3, 0.4) is 0 Å². The van der Waals surface area contributed by atoms with Gasteiger partial charge in [0.1, 0.15) is 6.73 Å². The summed E-state index contributed by atoms with van der Waals surface area (Å²) in [5, 5.41) is 0. The molecule has 0 N–H and O–H groups in total. The Bertz CT molecular complexity index is 150. The first-order chi connectivity index (χ1) is 6.46. The number of hydrogen-bond acceptors (Lipinski definition) is 4. The summed E-state index contributed by atoms with van der Waals surface area (Å²) in [6.45, 7) is 6.65. The molecule has 4 heteroatoms. The van der Waals surface area contributed by atoms with Gasteiger partial charge in [-0.1, -0.05) is 6.92 Å².